The molecule has 2 rings (SSSR count). The highest BCUT2D eigenvalue weighted by molar-refractivity contribution is 5.96. The Morgan fingerprint density at radius 2 is 1.58 bits per heavy atom. The van der Waals surface area contributed by atoms with Crippen LogP contribution in [0.25, 0.3) is 0 Å². The van der Waals surface area contributed by atoms with E-state index >= 15 is 0 Å². The van der Waals surface area contributed by atoms with Crippen molar-refractivity contribution in [2.45, 2.75) is 46.0 Å². The summed E-state index contributed by atoms with van der Waals surface area (Å²) in [5.74, 6) is 0.339. The fourth-order valence-corrected chi connectivity index (χ4v) is 3.06. The van der Waals surface area contributed by atoms with E-state index in [0.29, 0.717) is 18.9 Å². The zero-order chi connectivity index (χ0) is 16.9. The molecule has 0 radical (unpaired) electrons. The molecule has 24 heavy (non-hydrogen) atoms. The minimum atomic E-state index is -0.413. The molecule has 134 valence electrons. The Labute approximate surface area is 150 Å². The van der Waals surface area contributed by atoms with Crippen molar-refractivity contribution in [2.75, 3.05) is 17.2 Å². The van der Waals surface area contributed by atoms with Gasteiger partial charge in [-0.3, -0.25) is 9.59 Å². The van der Waals surface area contributed by atoms with Gasteiger partial charge in [-0.1, -0.05) is 26.7 Å². The topological polar surface area (TPSA) is 84.2 Å². The summed E-state index contributed by atoms with van der Waals surface area (Å²) in [7, 11) is 0. The van der Waals surface area contributed by atoms with Crippen LogP contribution in [-0.4, -0.2) is 18.4 Å². The SMILES string of the molecule is CC(C)CC(=O)Nc1ccc(NC(=O)C2(CN)CCCC2)cc1.Cl. The zero-order valence-electron chi connectivity index (χ0n) is 14.4. The Kier molecular flexibility index (Phi) is 7.70. The van der Waals surface area contributed by atoms with E-state index in [1.54, 1.807) is 12.1 Å². The molecule has 0 bridgehead atoms. The van der Waals surface area contributed by atoms with Gasteiger partial charge in [-0.05, 0) is 43.0 Å². The molecule has 1 fully saturated rings. The first-order valence-corrected chi connectivity index (χ1v) is 8.37. The fraction of sp³-hybridized carbons (Fsp3) is 0.556. The largest absolute Gasteiger partial charge is 0.329 e. The Balaban J connectivity index is 0.00000288. The van der Waals surface area contributed by atoms with E-state index in [2.05, 4.69) is 10.6 Å². The fourth-order valence-electron chi connectivity index (χ4n) is 3.06. The standard InChI is InChI=1S/C18H27N3O2.ClH/c1-13(2)11-16(22)20-14-5-7-15(8-6-14)21-17(23)18(12-19)9-3-4-10-18;/h5-8,13H,3-4,9-12,19H2,1-2H3,(H,20,22)(H,21,23);1H. The Morgan fingerprint density at radius 1 is 1.08 bits per heavy atom. The second-order valence-electron chi connectivity index (χ2n) is 6.87. The lowest BCUT2D eigenvalue weighted by Crippen LogP contribution is -2.40. The predicted octanol–water partition coefficient (Wildman–Crippen LogP) is 3.55. The number of benzene rings is 1. The van der Waals surface area contributed by atoms with Crippen molar-refractivity contribution < 1.29 is 9.59 Å². The molecule has 1 aromatic carbocycles. The minimum Gasteiger partial charge on any atom is -0.329 e. The zero-order valence-corrected chi connectivity index (χ0v) is 15.2. The van der Waals surface area contributed by atoms with Crippen LogP contribution in [0.1, 0.15) is 46.0 Å². The van der Waals surface area contributed by atoms with Crippen LogP contribution in [-0.2, 0) is 9.59 Å². The summed E-state index contributed by atoms with van der Waals surface area (Å²) < 4.78 is 0. The van der Waals surface area contributed by atoms with Gasteiger partial charge >= 0.3 is 0 Å². The van der Waals surface area contributed by atoms with Gasteiger partial charge in [0.2, 0.25) is 11.8 Å². The van der Waals surface area contributed by atoms with E-state index in [1.807, 2.05) is 26.0 Å². The van der Waals surface area contributed by atoms with Crippen molar-refractivity contribution in [1.29, 1.82) is 0 Å². The van der Waals surface area contributed by atoms with E-state index in [0.717, 1.165) is 37.1 Å². The third-order valence-corrected chi connectivity index (χ3v) is 4.45. The Morgan fingerprint density at radius 3 is 2.04 bits per heavy atom. The summed E-state index contributed by atoms with van der Waals surface area (Å²) in [5, 5.41) is 5.81. The molecule has 0 aliphatic heterocycles. The average Bonchev–Trinajstić information content (AvgIpc) is 2.98. The van der Waals surface area contributed by atoms with Gasteiger partial charge in [0.1, 0.15) is 0 Å². The number of amides is 2. The maximum absolute atomic E-state index is 12.5. The van der Waals surface area contributed by atoms with Crippen molar-refractivity contribution in [3.63, 3.8) is 0 Å². The lowest BCUT2D eigenvalue weighted by molar-refractivity contribution is -0.124. The predicted molar refractivity (Wildman–Crippen MR) is 100 cm³/mol. The molecule has 0 aromatic heterocycles. The Bertz CT molecular complexity index is 552. The molecule has 1 aliphatic carbocycles. The van der Waals surface area contributed by atoms with Crippen LogP contribution < -0.4 is 16.4 Å². The first kappa shape index (κ1) is 20.5. The quantitative estimate of drug-likeness (QED) is 0.731. The van der Waals surface area contributed by atoms with Crippen LogP contribution in [0.15, 0.2) is 24.3 Å². The smallest absolute Gasteiger partial charge is 0.231 e. The van der Waals surface area contributed by atoms with Gasteiger partial charge in [0.05, 0.1) is 5.41 Å². The first-order valence-electron chi connectivity index (χ1n) is 8.37. The molecule has 6 heteroatoms. The molecule has 5 nitrogen and oxygen atoms in total. The molecular formula is C18H28ClN3O2. The van der Waals surface area contributed by atoms with E-state index in [-0.39, 0.29) is 24.2 Å². The molecule has 0 spiro atoms. The van der Waals surface area contributed by atoms with Crippen LogP contribution in [0.2, 0.25) is 0 Å². The van der Waals surface area contributed by atoms with Gasteiger partial charge in [0.25, 0.3) is 0 Å². The van der Waals surface area contributed by atoms with Gasteiger partial charge in [-0.2, -0.15) is 0 Å². The maximum Gasteiger partial charge on any atom is 0.231 e. The van der Waals surface area contributed by atoms with Gasteiger partial charge < -0.3 is 16.4 Å². The summed E-state index contributed by atoms with van der Waals surface area (Å²) in [4.78, 5) is 24.2. The number of nitrogens with one attached hydrogen (secondary N) is 2. The molecule has 1 aliphatic rings. The maximum atomic E-state index is 12.5. The Hall–Kier alpha value is -1.59. The number of hydrogen-bond donors (Lipinski definition) is 3. The van der Waals surface area contributed by atoms with Gasteiger partial charge in [0.15, 0.2) is 0 Å². The number of rotatable bonds is 6. The number of anilines is 2. The molecule has 1 saturated carbocycles. The lowest BCUT2D eigenvalue weighted by Gasteiger charge is -2.25. The van der Waals surface area contributed by atoms with Crippen molar-refractivity contribution in [3.8, 4) is 0 Å². The third kappa shape index (κ3) is 5.21. The van der Waals surface area contributed by atoms with E-state index < -0.39 is 5.41 Å². The molecule has 0 unspecified atom stereocenters. The highest BCUT2D eigenvalue weighted by Crippen LogP contribution is 2.38. The third-order valence-electron chi connectivity index (χ3n) is 4.45. The molecule has 0 atom stereocenters. The summed E-state index contributed by atoms with van der Waals surface area (Å²) in [6, 6.07) is 7.22. The van der Waals surface area contributed by atoms with Crippen LogP contribution in [0.3, 0.4) is 0 Å². The molecule has 0 saturated heterocycles. The second-order valence-corrected chi connectivity index (χ2v) is 6.87. The van der Waals surface area contributed by atoms with Crippen LogP contribution in [0, 0.1) is 11.3 Å². The monoisotopic (exact) mass is 353 g/mol. The summed E-state index contributed by atoms with van der Waals surface area (Å²) >= 11 is 0. The number of hydrogen-bond acceptors (Lipinski definition) is 3. The van der Waals surface area contributed by atoms with E-state index in [1.165, 1.54) is 0 Å². The van der Waals surface area contributed by atoms with Gasteiger partial charge in [-0.15, -0.1) is 12.4 Å². The first-order chi connectivity index (χ1) is 10.9. The number of carbonyl (C=O) groups excluding carboxylic acids is 2. The number of nitrogens with two attached hydrogens (primary N) is 1. The average molecular weight is 354 g/mol. The lowest BCUT2D eigenvalue weighted by atomic mass is 9.85. The second kappa shape index (κ2) is 9.04. The van der Waals surface area contributed by atoms with Crippen LogP contribution in [0.4, 0.5) is 11.4 Å². The molecule has 2 amide bonds. The van der Waals surface area contributed by atoms with Crippen LogP contribution >= 0.6 is 12.4 Å². The van der Waals surface area contributed by atoms with Crippen molar-refractivity contribution >= 4 is 35.6 Å². The summed E-state index contributed by atoms with van der Waals surface area (Å²) in [6.07, 6.45) is 4.34. The molecule has 0 heterocycles. The van der Waals surface area contributed by atoms with Crippen LogP contribution in [0.5, 0.6) is 0 Å². The van der Waals surface area contributed by atoms with Gasteiger partial charge in [-0.25, -0.2) is 0 Å². The number of carbonyl (C=O) groups is 2. The summed E-state index contributed by atoms with van der Waals surface area (Å²) in [6.45, 7) is 4.41. The molecule has 1 aromatic rings. The highest BCUT2D eigenvalue weighted by atomic mass is 35.5. The minimum absolute atomic E-state index is 0. The van der Waals surface area contributed by atoms with Gasteiger partial charge in [0, 0.05) is 24.3 Å². The number of halogens is 1. The summed E-state index contributed by atoms with van der Waals surface area (Å²) in [5.41, 5.74) is 6.89. The van der Waals surface area contributed by atoms with Crippen molar-refractivity contribution in [3.05, 3.63) is 24.3 Å². The van der Waals surface area contributed by atoms with E-state index in [4.69, 9.17) is 5.73 Å². The highest BCUT2D eigenvalue weighted by Gasteiger charge is 2.39. The van der Waals surface area contributed by atoms with Crippen molar-refractivity contribution in [1.82, 2.24) is 0 Å². The van der Waals surface area contributed by atoms with Crippen molar-refractivity contribution in [2.24, 2.45) is 17.1 Å². The molecule has 4 N–H and O–H groups in total. The van der Waals surface area contributed by atoms with E-state index in [9.17, 15) is 9.59 Å². The normalized spacial score (nSPS) is 15.7. The molecular weight excluding hydrogens is 326 g/mol.